The van der Waals surface area contributed by atoms with Crippen molar-refractivity contribution in [2.45, 2.75) is 0 Å². The van der Waals surface area contributed by atoms with Crippen LogP contribution in [0, 0.1) is 68.0 Å². The Morgan fingerprint density at radius 1 is 0.329 bits per heavy atom. The minimum absolute atomic E-state index is 0.162. The van der Waals surface area contributed by atoms with E-state index in [1.807, 2.05) is 12.1 Å². The molecule has 0 aromatic heterocycles. The van der Waals surface area contributed by atoms with Crippen molar-refractivity contribution in [3.8, 4) is 82.4 Å². The van der Waals surface area contributed by atoms with Gasteiger partial charge in [-0.3, -0.25) is 0 Å². The van der Waals surface area contributed by atoms with E-state index in [1.54, 1.807) is 97.1 Å². The first-order valence-corrected chi connectivity index (χ1v) is 20.7. The van der Waals surface area contributed by atoms with Crippen LogP contribution in [0.5, 0.6) is 46.0 Å². The summed E-state index contributed by atoms with van der Waals surface area (Å²) in [6.07, 6.45) is 6.49. The molecule has 0 unspecified atom stereocenters. The van der Waals surface area contributed by atoms with Gasteiger partial charge in [0, 0.05) is 44.5 Å². The summed E-state index contributed by atoms with van der Waals surface area (Å²) in [5.74, 6) is 2.77. The Hall–Kier alpha value is -10.1. The second-order valence-corrected chi connectivity index (χ2v) is 14.6. The molecule has 70 heavy (non-hydrogen) atoms. The van der Waals surface area contributed by atoms with Gasteiger partial charge in [-0.25, -0.2) is 0 Å². The lowest BCUT2D eigenvalue weighted by molar-refractivity contribution is 0.401. The molecule has 0 aliphatic carbocycles. The van der Waals surface area contributed by atoms with Crippen LogP contribution in [0.15, 0.2) is 86.0 Å². The Kier molecular flexibility index (Phi) is 17.0. The number of benzene rings is 5. The zero-order chi connectivity index (χ0) is 51.1. The van der Waals surface area contributed by atoms with Crippen LogP contribution in [0.1, 0.15) is 55.6 Å². The number of rotatable bonds is 18. The van der Waals surface area contributed by atoms with Crippen LogP contribution in [0.3, 0.4) is 0 Å². The molecule has 0 spiro atoms. The van der Waals surface area contributed by atoms with Crippen LogP contribution in [0.4, 0.5) is 0 Å². The highest BCUT2D eigenvalue weighted by atomic mass is 16.5. The quantitative estimate of drug-likeness (QED) is 0.0590. The van der Waals surface area contributed by atoms with Crippen molar-refractivity contribution in [2.75, 3.05) is 56.9 Å². The third-order valence-corrected chi connectivity index (χ3v) is 10.9. The third kappa shape index (κ3) is 10.8. The van der Waals surface area contributed by atoms with Crippen molar-refractivity contribution < 1.29 is 37.9 Å². The predicted octanol–water partition coefficient (Wildman–Crippen LogP) is 11.1. The van der Waals surface area contributed by atoms with Gasteiger partial charge in [-0.05, 0) is 84.0 Å². The van der Waals surface area contributed by atoms with Gasteiger partial charge in [0.05, 0.1) is 127 Å². The number of hydrogen-bond donors (Lipinski definition) is 0. The van der Waals surface area contributed by atoms with Gasteiger partial charge in [-0.1, -0.05) is 37.4 Å². The van der Waals surface area contributed by atoms with E-state index < -0.39 is 0 Å². The van der Waals surface area contributed by atoms with E-state index in [0.29, 0.717) is 102 Å². The second-order valence-electron chi connectivity index (χ2n) is 14.6. The van der Waals surface area contributed by atoms with E-state index in [-0.39, 0.29) is 33.4 Å². The molecule has 5 aromatic rings. The third-order valence-electron chi connectivity index (χ3n) is 10.9. The monoisotopic (exact) mass is 928 g/mol. The highest BCUT2D eigenvalue weighted by Crippen LogP contribution is 2.41. The van der Waals surface area contributed by atoms with Crippen LogP contribution >= 0.6 is 0 Å². The zero-order valence-electron chi connectivity index (χ0n) is 39.6. The molecule has 0 saturated carbocycles. The van der Waals surface area contributed by atoms with E-state index in [9.17, 15) is 31.6 Å². The first-order valence-electron chi connectivity index (χ1n) is 20.7. The van der Waals surface area contributed by atoms with E-state index in [2.05, 4.69) is 37.4 Å². The molecule has 0 aliphatic heterocycles. The Labute approximate surface area is 406 Å². The Morgan fingerprint density at radius 2 is 0.557 bits per heavy atom. The number of allylic oxidation sites excluding steroid dienone is 6. The van der Waals surface area contributed by atoms with E-state index in [1.165, 1.54) is 56.9 Å². The van der Waals surface area contributed by atoms with Crippen LogP contribution < -0.4 is 37.9 Å². The van der Waals surface area contributed by atoms with Crippen molar-refractivity contribution in [3.63, 3.8) is 0 Å². The molecule has 5 aromatic carbocycles. The van der Waals surface area contributed by atoms with E-state index in [4.69, 9.17) is 37.9 Å². The molecule has 0 amide bonds. The summed E-state index contributed by atoms with van der Waals surface area (Å²) < 4.78 is 45.2. The molecule has 0 radical (unpaired) electrons. The topological polar surface area (TPSA) is 217 Å². The molecular weight excluding hydrogens is 885 g/mol. The molecule has 346 valence electrons. The van der Waals surface area contributed by atoms with Crippen LogP contribution in [0.25, 0.3) is 57.7 Å². The average molecular weight is 929 g/mol. The number of methoxy groups -OCH3 is 8. The lowest BCUT2D eigenvalue weighted by atomic mass is 9.96. The van der Waals surface area contributed by atoms with Crippen LogP contribution in [-0.4, -0.2) is 56.9 Å². The SMILES string of the molecule is C=C(C#N)c1cc(OC)c(/C(C#N)=C/c2cc(OC)c(/C=C(\C#N)c3ccc(/C(C#N)=C\c4cc(OC)c(/C=C(\C#N)c5cc(OC)c(C(=C)C#N)cc5OC)cc4OC)cc3)cc2OC)cc1OC. The molecule has 14 nitrogen and oxygen atoms in total. The summed E-state index contributed by atoms with van der Waals surface area (Å²) in [6.45, 7) is 7.56. The first-order chi connectivity index (χ1) is 33.9. The summed E-state index contributed by atoms with van der Waals surface area (Å²) in [5, 5.41) is 60.3. The molecule has 0 atom stereocenters. The molecule has 14 heteroatoms. The minimum Gasteiger partial charge on any atom is -0.496 e. The number of hydrogen-bond acceptors (Lipinski definition) is 14. The normalized spacial score (nSPS) is 11.2. The van der Waals surface area contributed by atoms with Crippen molar-refractivity contribution in [1.29, 1.82) is 31.6 Å². The number of ether oxygens (including phenoxy) is 8. The molecule has 0 N–H and O–H groups in total. The highest BCUT2D eigenvalue weighted by molar-refractivity contribution is 5.98. The number of nitriles is 6. The van der Waals surface area contributed by atoms with E-state index >= 15 is 0 Å². The highest BCUT2D eigenvalue weighted by Gasteiger charge is 2.21. The van der Waals surface area contributed by atoms with Gasteiger partial charge in [0.2, 0.25) is 0 Å². The fraction of sp³-hybridized carbons (Fsp3) is 0.143. The van der Waals surface area contributed by atoms with Gasteiger partial charge in [0.25, 0.3) is 0 Å². The molecule has 0 aliphatic rings. The van der Waals surface area contributed by atoms with Crippen LogP contribution in [-0.2, 0) is 0 Å². The van der Waals surface area contributed by atoms with Crippen molar-refractivity contribution >= 4 is 57.7 Å². The smallest absolute Gasteiger partial charge is 0.128 e. The van der Waals surface area contributed by atoms with Crippen molar-refractivity contribution in [2.24, 2.45) is 0 Å². The first kappa shape index (κ1) is 50.9. The molecule has 5 rings (SSSR count). The fourth-order valence-corrected chi connectivity index (χ4v) is 7.30. The Bertz CT molecular complexity index is 3080. The maximum atomic E-state index is 10.4. The van der Waals surface area contributed by atoms with Crippen molar-refractivity contribution in [1.82, 2.24) is 0 Å². The molecule has 0 saturated heterocycles. The maximum absolute atomic E-state index is 10.4. The summed E-state index contributed by atoms with van der Waals surface area (Å²) in [7, 11) is 11.7. The van der Waals surface area contributed by atoms with Gasteiger partial charge < -0.3 is 37.9 Å². The van der Waals surface area contributed by atoms with Gasteiger partial charge in [-0.15, -0.1) is 0 Å². The van der Waals surface area contributed by atoms with Gasteiger partial charge in [0.1, 0.15) is 46.0 Å². The summed E-state index contributed by atoms with van der Waals surface area (Å²) in [5.41, 5.74) is 5.98. The summed E-state index contributed by atoms with van der Waals surface area (Å²) >= 11 is 0. The fourth-order valence-electron chi connectivity index (χ4n) is 7.30. The predicted molar refractivity (Wildman–Crippen MR) is 268 cm³/mol. The lowest BCUT2D eigenvalue weighted by Gasteiger charge is -2.15. The largest absolute Gasteiger partial charge is 0.496 e. The average Bonchev–Trinajstić information content (AvgIpc) is 3.41. The zero-order valence-corrected chi connectivity index (χ0v) is 39.6. The van der Waals surface area contributed by atoms with Crippen LogP contribution in [0.2, 0.25) is 0 Å². The maximum Gasteiger partial charge on any atom is 0.128 e. The molecular formula is C56H44N6O8. The second kappa shape index (κ2) is 23.4. The van der Waals surface area contributed by atoms with Gasteiger partial charge in [-0.2, -0.15) is 31.6 Å². The Morgan fingerprint density at radius 3 is 0.786 bits per heavy atom. The van der Waals surface area contributed by atoms with Crippen molar-refractivity contribution in [3.05, 3.63) is 142 Å². The molecule has 0 bridgehead atoms. The minimum atomic E-state index is 0.162. The number of nitrogens with zero attached hydrogens (tertiary/aromatic N) is 6. The summed E-state index contributed by atoms with van der Waals surface area (Å²) in [6, 6.07) is 32.9. The van der Waals surface area contributed by atoms with E-state index in [0.717, 1.165) is 0 Å². The Balaban J connectivity index is 1.51. The molecule has 0 fully saturated rings. The summed E-state index contributed by atoms with van der Waals surface area (Å²) in [4.78, 5) is 0. The standard InChI is InChI=1S/C56H44N6O8/c1-33(27-57)45-23-55(69-9)47(25-53(45)67-7)43(31-61)17-39-21-49(63-3)37(19-51(39)65-5)15-41(29-59)35-11-13-36(14-12-35)42(30-60)16-38-20-52(66-6)40(22-50(38)64-4)18-44(32-62)48-26-54(68-8)46(34(2)28-58)24-56(48)70-10/h11-26H,1-2H2,3-10H3/b41-15-,42-16+,43-17+,44-18+. The van der Waals surface area contributed by atoms with Gasteiger partial charge in [0.15, 0.2) is 0 Å². The lowest BCUT2D eigenvalue weighted by Crippen LogP contribution is -1.98. The van der Waals surface area contributed by atoms with Gasteiger partial charge >= 0.3 is 0 Å². The molecule has 0 heterocycles.